The number of hydrogen-bond donors (Lipinski definition) is 0. The number of methoxy groups -OCH3 is 1. The van der Waals surface area contributed by atoms with E-state index in [0.717, 1.165) is 17.7 Å². The van der Waals surface area contributed by atoms with Crippen molar-refractivity contribution < 1.29 is 14.3 Å². The Hall–Kier alpha value is -1.17. The molecule has 1 saturated heterocycles. The van der Waals surface area contributed by atoms with Gasteiger partial charge in [-0.15, -0.1) is 11.3 Å². The summed E-state index contributed by atoms with van der Waals surface area (Å²) in [5, 5.41) is 2.01. The zero-order chi connectivity index (χ0) is 13.9. The first-order valence-corrected chi connectivity index (χ1v) is 7.84. The molecule has 1 saturated carbocycles. The van der Waals surface area contributed by atoms with Gasteiger partial charge in [0.05, 0.1) is 18.8 Å². The molecule has 2 heterocycles. The minimum Gasteiger partial charge on any atom is -0.377 e. The Morgan fingerprint density at radius 1 is 1.55 bits per heavy atom. The highest BCUT2D eigenvalue weighted by Gasteiger charge is 2.43. The molecule has 2 fully saturated rings. The highest BCUT2D eigenvalue weighted by Crippen LogP contribution is 2.31. The molecule has 5 heteroatoms. The van der Waals surface area contributed by atoms with E-state index in [1.54, 1.807) is 24.5 Å². The quantitative estimate of drug-likeness (QED) is 0.802. The zero-order valence-corrected chi connectivity index (χ0v) is 12.3. The summed E-state index contributed by atoms with van der Waals surface area (Å²) in [7, 11) is 1.70. The number of thiophene rings is 1. The number of amides is 1. The topological polar surface area (TPSA) is 38.8 Å². The number of rotatable bonds is 3. The summed E-state index contributed by atoms with van der Waals surface area (Å²) in [6.07, 6.45) is 5.63. The van der Waals surface area contributed by atoms with Gasteiger partial charge in [-0.25, -0.2) is 0 Å². The van der Waals surface area contributed by atoms with Gasteiger partial charge in [0.15, 0.2) is 0 Å². The van der Waals surface area contributed by atoms with Crippen molar-refractivity contribution in [1.29, 1.82) is 0 Å². The van der Waals surface area contributed by atoms with Gasteiger partial charge in [-0.1, -0.05) is 6.07 Å². The van der Waals surface area contributed by atoms with Gasteiger partial charge >= 0.3 is 0 Å². The number of nitrogens with zero attached hydrogens (tertiary/aromatic N) is 1. The summed E-state index contributed by atoms with van der Waals surface area (Å²) in [5.74, 6) is 0.0524. The summed E-state index contributed by atoms with van der Waals surface area (Å²) in [6.45, 7) is 1.24. The molecule has 0 spiro atoms. The van der Waals surface area contributed by atoms with Crippen LogP contribution in [0.25, 0.3) is 6.08 Å². The fourth-order valence-corrected chi connectivity index (χ4v) is 3.73. The first-order valence-electron chi connectivity index (χ1n) is 6.96. The molecule has 108 valence electrons. The summed E-state index contributed by atoms with van der Waals surface area (Å²) in [5.41, 5.74) is 0. The number of fused-ring (bicyclic) bond motifs is 2. The maximum Gasteiger partial charge on any atom is 0.247 e. The maximum atomic E-state index is 12.4. The van der Waals surface area contributed by atoms with Crippen LogP contribution < -0.4 is 0 Å². The van der Waals surface area contributed by atoms with E-state index in [1.165, 1.54) is 0 Å². The summed E-state index contributed by atoms with van der Waals surface area (Å²) in [4.78, 5) is 15.4. The molecule has 0 unspecified atom stereocenters. The van der Waals surface area contributed by atoms with Gasteiger partial charge in [0, 0.05) is 24.6 Å². The molecule has 1 aliphatic heterocycles. The zero-order valence-electron chi connectivity index (χ0n) is 11.5. The SMILES string of the molecule is CO[C@@H]1[C@H]2CC[C@H]1OCCN2C(=O)/C=C/c1cccs1. The molecule has 3 rings (SSSR count). The number of hydrogen-bond acceptors (Lipinski definition) is 4. The van der Waals surface area contributed by atoms with E-state index in [0.29, 0.717) is 13.2 Å². The Labute approximate surface area is 123 Å². The molecule has 1 aromatic rings. The third-order valence-corrected chi connectivity index (χ3v) is 4.88. The van der Waals surface area contributed by atoms with Crippen molar-refractivity contribution in [3.63, 3.8) is 0 Å². The monoisotopic (exact) mass is 293 g/mol. The third-order valence-electron chi connectivity index (χ3n) is 4.05. The number of carbonyl (C=O) groups excluding carboxylic acids is 1. The lowest BCUT2D eigenvalue weighted by atomic mass is 10.1. The molecule has 1 aromatic heterocycles. The van der Waals surface area contributed by atoms with Crippen LogP contribution in [0.4, 0.5) is 0 Å². The van der Waals surface area contributed by atoms with Crippen LogP contribution in [0.3, 0.4) is 0 Å². The summed E-state index contributed by atoms with van der Waals surface area (Å²) >= 11 is 1.63. The summed E-state index contributed by atoms with van der Waals surface area (Å²) < 4.78 is 11.3. The second-order valence-corrected chi connectivity index (χ2v) is 6.11. The molecule has 2 bridgehead atoms. The second kappa shape index (κ2) is 6.08. The van der Waals surface area contributed by atoms with Crippen LogP contribution in [-0.4, -0.2) is 49.3 Å². The average molecular weight is 293 g/mol. The largest absolute Gasteiger partial charge is 0.377 e. The number of ether oxygens (including phenoxy) is 2. The van der Waals surface area contributed by atoms with E-state index in [2.05, 4.69) is 0 Å². The Morgan fingerprint density at radius 2 is 2.45 bits per heavy atom. The van der Waals surface area contributed by atoms with Crippen LogP contribution in [0.15, 0.2) is 23.6 Å². The van der Waals surface area contributed by atoms with Crippen LogP contribution in [0.1, 0.15) is 17.7 Å². The van der Waals surface area contributed by atoms with E-state index in [9.17, 15) is 4.79 Å². The molecule has 2 aliphatic rings. The number of carbonyl (C=O) groups is 1. The predicted octanol–water partition coefficient (Wildman–Crippen LogP) is 2.17. The van der Waals surface area contributed by atoms with Crippen molar-refractivity contribution in [2.24, 2.45) is 0 Å². The van der Waals surface area contributed by atoms with Gasteiger partial charge in [-0.3, -0.25) is 4.79 Å². The molecule has 1 aliphatic carbocycles. The molecule has 3 atom stereocenters. The lowest BCUT2D eigenvalue weighted by molar-refractivity contribution is -0.130. The highest BCUT2D eigenvalue weighted by atomic mass is 32.1. The summed E-state index contributed by atoms with van der Waals surface area (Å²) in [6, 6.07) is 4.13. The van der Waals surface area contributed by atoms with Crippen LogP contribution in [0.5, 0.6) is 0 Å². The highest BCUT2D eigenvalue weighted by molar-refractivity contribution is 7.10. The molecular weight excluding hydrogens is 274 g/mol. The van der Waals surface area contributed by atoms with Crippen molar-refractivity contribution in [3.05, 3.63) is 28.5 Å². The average Bonchev–Trinajstić information content (AvgIpc) is 3.03. The van der Waals surface area contributed by atoms with Crippen molar-refractivity contribution in [1.82, 2.24) is 4.90 Å². The minimum absolute atomic E-state index is 0.0107. The Kier molecular flexibility index (Phi) is 4.19. The lowest BCUT2D eigenvalue weighted by Gasteiger charge is -2.29. The van der Waals surface area contributed by atoms with Crippen LogP contribution in [0, 0.1) is 0 Å². The van der Waals surface area contributed by atoms with E-state index in [4.69, 9.17) is 9.47 Å². The van der Waals surface area contributed by atoms with Crippen LogP contribution >= 0.6 is 11.3 Å². The van der Waals surface area contributed by atoms with Crippen LogP contribution in [0.2, 0.25) is 0 Å². The standard InChI is InChI=1S/C15H19NO3S/c1-18-15-12-5-6-13(15)19-9-8-16(12)14(17)7-4-11-3-2-10-20-11/h2-4,7,10,12-13,15H,5-6,8-9H2,1H3/b7-4+/t12-,13-,15-/m1/s1. The molecule has 1 amide bonds. The van der Waals surface area contributed by atoms with Crippen LogP contribution in [-0.2, 0) is 14.3 Å². The van der Waals surface area contributed by atoms with E-state index >= 15 is 0 Å². The molecule has 20 heavy (non-hydrogen) atoms. The molecule has 0 radical (unpaired) electrons. The second-order valence-electron chi connectivity index (χ2n) is 5.13. The normalized spacial score (nSPS) is 29.9. The Bertz CT molecular complexity index is 485. The van der Waals surface area contributed by atoms with Crippen molar-refractivity contribution in [3.8, 4) is 0 Å². The van der Waals surface area contributed by atoms with E-state index < -0.39 is 0 Å². The maximum absolute atomic E-state index is 12.4. The van der Waals surface area contributed by atoms with Crippen molar-refractivity contribution in [2.75, 3.05) is 20.3 Å². The molecule has 0 aromatic carbocycles. The van der Waals surface area contributed by atoms with Gasteiger partial charge in [0.25, 0.3) is 0 Å². The van der Waals surface area contributed by atoms with Crippen molar-refractivity contribution in [2.45, 2.75) is 31.1 Å². The van der Waals surface area contributed by atoms with Gasteiger partial charge in [-0.2, -0.15) is 0 Å². The van der Waals surface area contributed by atoms with Gasteiger partial charge < -0.3 is 14.4 Å². The Morgan fingerprint density at radius 3 is 3.20 bits per heavy atom. The molecular formula is C15H19NO3S. The minimum atomic E-state index is 0.0107. The lowest BCUT2D eigenvalue weighted by Crippen LogP contribution is -2.45. The molecule has 4 nitrogen and oxygen atoms in total. The smallest absolute Gasteiger partial charge is 0.247 e. The van der Waals surface area contributed by atoms with Crippen molar-refractivity contribution >= 4 is 23.3 Å². The van der Waals surface area contributed by atoms with E-state index in [-0.39, 0.29) is 24.2 Å². The first-order chi connectivity index (χ1) is 9.79. The third kappa shape index (κ3) is 2.66. The van der Waals surface area contributed by atoms with E-state index in [1.807, 2.05) is 28.5 Å². The Balaban J connectivity index is 1.73. The fourth-order valence-electron chi connectivity index (χ4n) is 3.11. The first kappa shape index (κ1) is 13.8. The fraction of sp³-hybridized carbons (Fsp3) is 0.533. The van der Waals surface area contributed by atoms with Gasteiger partial charge in [0.2, 0.25) is 5.91 Å². The molecule has 0 N–H and O–H groups in total. The van der Waals surface area contributed by atoms with Gasteiger partial charge in [0.1, 0.15) is 6.10 Å². The predicted molar refractivity (Wildman–Crippen MR) is 78.6 cm³/mol. The van der Waals surface area contributed by atoms with Gasteiger partial charge in [-0.05, 0) is 30.4 Å².